The van der Waals surface area contributed by atoms with E-state index in [0.29, 0.717) is 0 Å². The van der Waals surface area contributed by atoms with Crippen LogP contribution < -0.4 is 4.90 Å². The normalized spacial score (nSPS) is 11.3. The Balaban J connectivity index is 2.28. The van der Waals surface area contributed by atoms with E-state index in [1.54, 1.807) is 18.3 Å². The number of hydrogen-bond donors (Lipinski definition) is 1. The van der Waals surface area contributed by atoms with Crippen molar-refractivity contribution < 1.29 is 9.50 Å². The average molecular weight is 382 g/mol. The fourth-order valence-corrected chi connectivity index (χ4v) is 3.67. The Labute approximate surface area is 165 Å². The van der Waals surface area contributed by atoms with Crippen molar-refractivity contribution in [2.24, 2.45) is 0 Å². The maximum Gasteiger partial charge on any atom is 0.137 e. The van der Waals surface area contributed by atoms with Crippen LogP contribution in [0.1, 0.15) is 43.5 Å². The van der Waals surface area contributed by atoms with Gasteiger partial charge in [-0.05, 0) is 43.0 Å². The summed E-state index contributed by atoms with van der Waals surface area (Å²) in [4.78, 5) is 6.95. The zero-order valence-corrected chi connectivity index (χ0v) is 17.1. The van der Waals surface area contributed by atoms with Gasteiger partial charge in [-0.1, -0.05) is 26.0 Å². The average Bonchev–Trinajstić information content (AvgIpc) is 3.16. The molecule has 0 saturated heterocycles. The van der Waals surface area contributed by atoms with E-state index in [1.165, 1.54) is 12.1 Å². The Morgan fingerprint density at radius 3 is 2.43 bits per heavy atom. The van der Waals surface area contributed by atoms with Crippen molar-refractivity contribution >= 4 is 11.6 Å². The highest BCUT2D eigenvalue weighted by molar-refractivity contribution is 5.78. The van der Waals surface area contributed by atoms with E-state index >= 15 is 0 Å². The number of benzene rings is 1. The van der Waals surface area contributed by atoms with Crippen molar-refractivity contribution in [1.82, 2.24) is 14.8 Å². The molecule has 28 heavy (non-hydrogen) atoms. The monoisotopic (exact) mass is 382 g/mol. The molecule has 0 radical (unpaired) electrons. The number of aromatic nitrogens is 3. The van der Waals surface area contributed by atoms with Crippen LogP contribution >= 0.6 is 0 Å². The Kier molecular flexibility index (Phi) is 5.79. The molecule has 0 unspecified atom stereocenters. The largest absolute Gasteiger partial charge is 0.392 e. The first-order valence-electron chi connectivity index (χ1n) is 9.54. The van der Waals surface area contributed by atoms with E-state index < -0.39 is 0 Å². The Bertz CT molecular complexity index is 963. The second-order valence-corrected chi connectivity index (χ2v) is 7.18. The number of aliphatic hydroxyl groups is 1. The van der Waals surface area contributed by atoms with Crippen molar-refractivity contribution in [2.75, 3.05) is 11.9 Å². The molecule has 0 aliphatic heterocycles. The number of rotatable bonds is 6. The molecule has 0 aliphatic carbocycles. The van der Waals surface area contributed by atoms with E-state index in [9.17, 15) is 9.50 Å². The summed E-state index contributed by atoms with van der Waals surface area (Å²) in [5.41, 5.74) is 4.35. The smallest absolute Gasteiger partial charge is 0.137 e. The van der Waals surface area contributed by atoms with Gasteiger partial charge in [0, 0.05) is 30.8 Å². The van der Waals surface area contributed by atoms with Crippen LogP contribution in [0.15, 0.2) is 36.5 Å². The SMILES string of the molecule is CCn1nccc1N(C)c1nc(C(C)C)c(CO)c(-c2ccc(F)cc2)c1C. The van der Waals surface area contributed by atoms with E-state index in [-0.39, 0.29) is 18.3 Å². The summed E-state index contributed by atoms with van der Waals surface area (Å²) in [5, 5.41) is 14.5. The number of halogens is 1. The molecule has 2 aromatic heterocycles. The molecule has 0 saturated carbocycles. The second-order valence-electron chi connectivity index (χ2n) is 7.18. The lowest BCUT2D eigenvalue weighted by molar-refractivity contribution is 0.280. The first kappa shape index (κ1) is 20.0. The van der Waals surface area contributed by atoms with Gasteiger partial charge in [0.15, 0.2) is 0 Å². The molecular formula is C22H27FN4O. The number of aryl methyl sites for hydroxylation is 1. The van der Waals surface area contributed by atoms with E-state index in [1.807, 2.05) is 36.5 Å². The molecule has 1 N–H and O–H groups in total. The quantitative estimate of drug-likeness (QED) is 0.666. The van der Waals surface area contributed by atoms with Gasteiger partial charge in [0.1, 0.15) is 17.5 Å². The number of anilines is 2. The minimum Gasteiger partial charge on any atom is -0.392 e. The molecule has 1 aromatic carbocycles. The molecule has 3 rings (SSSR count). The maximum absolute atomic E-state index is 13.5. The molecule has 2 heterocycles. The molecular weight excluding hydrogens is 355 g/mol. The molecule has 0 spiro atoms. The lowest BCUT2D eigenvalue weighted by Gasteiger charge is -2.26. The van der Waals surface area contributed by atoms with Gasteiger partial charge in [0.25, 0.3) is 0 Å². The Hall–Kier alpha value is -2.73. The van der Waals surface area contributed by atoms with Gasteiger partial charge in [0.05, 0.1) is 18.5 Å². The zero-order valence-electron chi connectivity index (χ0n) is 17.1. The van der Waals surface area contributed by atoms with Crippen LogP contribution in [0.2, 0.25) is 0 Å². The topological polar surface area (TPSA) is 54.2 Å². The van der Waals surface area contributed by atoms with E-state index in [4.69, 9.17) is 4.98 Å². The molecule has 5 nitrogen and oxygen atoms in total. The molecule has 6 heteroatoms. The second kappa shape index (κ2) is 8.10. The standard InChI is InChI=1S/C22H27FN4O/c1-6-27-19(11-12-24-27)26(5)22-15(4)20(16-7-9-17(23)10-8-16)18(13-28)21(25-22)14(2)3/h7-12,14,28H,6,13H2,1-5H3. The Morgan fingerprint density at radius 2 is 1.86 bits per heavy atom. The summed E-state index contributed by atoms with van der Waals surface area (Å²) in [6, 6.07) is 8.35. The highest BCUT2D eigenvalue weighted by Crippen LogP contribution is 2.38. The number of pyridine rings is 1. The van der Waals surface area contributed by atoms with Crippen molar-refractivity contribution in [3.05, 3.63) is 59.2 Å². The van der Waals surface area contributed by atoms with Gasteiger partial charge in [-0.2, -0.15) is 5.10 Å². The van der Waals surface area contributed by atoms with Crippen molar-refractivity contribution in [2.45, 2.75) is 46.8 Å². The highest BCUT2D eigenvalue weighted by Gasteiger charge is 2.23. The number of hydrogen-bond acceptors (Lipinski definition) is 4. The summed E-state index contributed by atoms with van der Waals surface area (Å²) in [5.74, 6) is 1.59. The maximum atomic E-state index is 13.5. The van der Waals surface area contributed by atoms with E-state index in [2.05, 4.69) is 18.9 Å². The van der Waals surface area contributed by atoms with Crippen LogP contribution in [0.3, 0.4) is 0 Å². The van der Waals surface area contributed by atoms with Crippen LogP contribution in [0.25, 0.3) is 11.1 Å². The predicted molar refractivity (Wildman–Crippen MR) is 110 cm³/mol. The van der Waals surface area contributed by atoms with Crippen LogP contribution in [-0.2, 0) is 13.2 Å². The summed E-state index contributed by atoms with van der Waals surface area (Å²) in [7, 11) is 1.97. The van der Waals surface area contributed by atoms with Gasteiger partial charge in [-0.25, -0.2) is 14.1 Å². The lowest BCUT2D eigenvalue weighted by Crippen LogP contribution is -2.19. The van der Waals surface area contributed by atoms with Crippen molar-refractivity contribution in [1.29, 1.82) is 0 Å². The molecule has 0 bridgehead atoms. The molecule has 0 amide bonds. The lowest BCUT2D eigenvalue weighted by atomic mass is 9.91. The molecule has 3 aromatic rings. The van der Waals surface area contributed by atoms with Crippen molar-refractivity contribution in [3.63, 3.8) is 0 Å². The predicted octanol–water partition coefficient (Wildman–Crippen LogP) is 4.80. The zero-order chi connectivity index (χ0) is 20.4. The third-order valence-corrected chi connectivity index (χ3v) is 5.04. The van der Waals surface area contributed by atoms with Crippen molar-refractivity contribution in [3.8, 4) is 11.1 Å². The number of nitrogens with zero attached hydrogens (tertiary/aromatic N) is 4. The highest BCUT2D eigenvalue weighted by atomic mass is 19.1. The first-order chi connectivity index (χ1) is 13.4. The summed E-state index contributed by atoms with van der Waals surface area (Å²) < 4.78 is 15.4. The number of aliphatic hydroxyl groups excluding tert-OH is 1. The van der Waals surface area contributed by atoms with Crippen LogP contribution in [0, 0.1) is 12.7 Å². The first-order valence-corrected chi connectivity index (χ1v) is 9.54. The van der Waals surface area contributed by atoms with Gasteiger partial charge < -0.3 is 10.0 Å². The summed E-state index contributed by atoms with van der Waals surface area (Å²) >= 11 is 0. The fourth-order valence-electron chi connectivity index (χ4n) is 3.67. The minimum atomic E-state index is -0.283. The van der Waals surface area contributed by atoms with Crippen LogP contribution in [0.4, 0.5) is 16.0 Å². The van der Waals surface area contributed by atoms with Gasteiger partial charge in [0.2, 0.25) is 0 Å². The van der Waals surface area contributed by atoms with Gasteiger partial charge >= 0.3 is 0 Å². The summed E-state index contributed by atoms with van der Waals surface area (Å²) in [6.07, 6.45) is 1.77. The van der Waals surface area contributed by atoms with E-state index in [0.717, 1.165) is 46.1 Å². The minimum absolute atomic E-state index is 0.120. The van der Waals surface area contributed by atoms with Gasteiger partial charge in [-0.15, -0.1) is 0 Å². The molecule has 0 atom stereocenters. The summed E-state index contributed by atoms with van der Waals surface area (Å²) in [6.45, 7) is 8.79. The van der Waals surface area contributed by atoms with Crippen LogP contribution in [-0.4, -0.2) is 26.9 Å². The fraction of sp³-hybridized carbons (Fsp3) is 0.364. The Morgan fingerprint density at radius 1 is 1.18 bits per heavy atom. The third kappa shape index (κ3) is 3.52. The molecule has 148 valence electrons. The molecule has 0 fully saturated rings. The third-order valence-electron chi connectivity index (χ3n) is 5.04. The van der Waals surface area contributed by atoms with Gasteiger partial charge in [-0.3, -0.25) is 0 Å². The molecule has 0 aliphatic rings. The van der Waals surface area contributed by atoms with Crippen LogP contribution in [0.5, 0.6) is 0 Å².